The van der Waals surface area contributed by atoms with Crippen LogP contribution in [0.1, 0.15) is 21.5 Å². The number of thioether (sulfide) groups is 1. The quantitative estimate of drug-likeness (QED) is 0.215. The number of nitro benzene ring substituents is 1. The summed E-state index contributed by atoms with van der Waals surface area (Å²) in [4.78, 5) is 23.9. The number of ether oxygens (including phenoxy) is 1. The number of hydrogen-bond donors (Lipinski definition) is 1. The number of carbonyl (C=O) groups is 1. The van der Waals surface area contributed by atoms with Crippen LogP contribution in [-0.4, -0.2) is 24.2 Å². The van der Waals surface area contributed by atoms with Gasteiger partial charge in [0.15, 0.2) is 5.75 Å². The lowest BCUT2D eigenvalue weighted by molar-refractivity contribution is -0.385. The van der Waals surface area contributed by atoms with Crippen molar-refractivity contribution in [1.82, 2.24) is 5.43 Å². The minimum Gasteiger partial charge on any atom is -0.490 e. The summed E-state index contributed by atoms with van der Waals surface area (Å²) in [6.07, 6.45) is 1.33. The van der Waals surface area contributed by atoms with E-state index in [0.29, 0.717) is 16.1 Å². The van der Waals surface area contributed by atoms with E-state index in [-0.39, 0.29) is 17.3 Å². The third kappa shape index (κ3) is 6.31. The topological polar surface area (TPSA) is 93.8 Å². The molecular weight excluding hydrogens is 438 g/mol. The molecule has 0 aliphatic rings. The van der Waals surface area contributed by atoms with Gasteiger partial charge in [-0.25, -0.2) is 5.43 Å². The Bertz CT molecular complexity index is 1100. The number of nitro groups is 1. The van der Waals surface area contributed by atoms with Gasteiger partial charge in [-0.05, 0) is 54.1 Å². The van der Waals surface area contributed by atoms with Crippen LogP contribution in [0.15, 0.2) is 76.7 Å². The molecule has 0 spiro atoms. The fraction of sp³-hybridized carbons (Fsp3) is 0.0909. The summed E-state index contributed by atoms with van der Waals surface area (Å²) in [6, 6.07) is 19.2. The predicted octanol–water partition coefficient (Wildman–Crippen LogP) is 5.31. The molecule has 0 radical (unpaired) electrons. The Balaban J connectivity index is 1.56. The molecule has 9 heteroatoms. The van der Waals surface area contributed by atoms with Crippen LogP contribution >= 0.6 is 23.4 Å². The van der Waals surface area contributed by atoms with Crippen LogP contribution in [0.2, 0.25) is 5.02 Å². The number of halogens is 1. The van der Waals surface area contributed by atoms with Crippen LogP contribution in [-0.2, 0) is 5.75 Å². The van der Waals surface area contributed by atoms with Gasteiger partial charge in [0.25, 0.3) is 5.91 Å². The molecule has 3 aromatic rings. The van der Waals surface area contributed by atoms with Crippen LogP contribution < -0.4 is 10.2 Å². The Kier molecular flexibility index (Phi) is 7.64. The first kappa shape index (κ1) is 22.3. The van der Waals surface area contributed by atoms with Crippen molar-refractivity contribution in [2.24, 2.45) is 5.10 Å². The molecular formula is C22H18ClN3O4S. The standard InChI is InChI=1S/C22H18ClN3O4S/c1-30-21-11-4-16(12-20(21)26(28)29)13-24-25-22(27)17-5-2-15(3-6-17)14-31-19-9-7-18(23)8-10-19/h2-13H,14H2,1H3,(H,25,27)/b24-13+. The highest BCUT2D eigenvalue weighted by Crippen LogP contribution is 2.27. The van der Waals surface area contributed by atoms with Crippen LogP contribution in [0.25, 0.3) is 0 Å². The molecule has 0 aliphatic carbocycles. The summed E-state index contributed by atoms with van der Waals surface area (Å²) in [5.74, 6) is 0.537. The van der Waals surface area contributed by atoms with Gasteiger partial charge in [0.2, 0.25) is 0 Å². The van der Waals surface area contributed by atoms with E-state index in [4.69, 9.17) is 16.3 Å². The highest BCUT2D eigenvalue weighted by Gasteiger charge is 2.14. The van der Waals surface area contributed by atoms with E-state index >= 15 is 0 Å². The second-order valence-electron chi connectivity index (χ2n) is 6.33. The van der Waals surface area contributed by atoms with Crippen LogP contribution in [0, 0.1) is 10.1 Å². The summed E-state index contributed by atoms with van der Waals surface area (Å²) >= 11 is 7.56. The number of benzene rings is 3. The largest absolute Gasteiger partial charge is 0.490 e. The summed E-state index contributed by atoms with van der Waals surface area (Å²) in [5.41, 5.74) is 4.23. The first-order valence-electron chi connectivity index (χ1n) is 9.09. The van der Waals surface area contributed by atoms with Crippen molar-refractivity contribution in [2.75, 3.05) is 7.11 Å². The summed E-state index contributed by atoms with van der Waals surface area (Å²) in [6.45, 7) is 0. The van der Waals surface area contributed by atoms with Gasteiger partial charge in [-0.3, -0.25) is 14.9 Å². The van der Waals surface area contributed by atoms with E-state index in [1.165, 1.54) is 25.5 Å². The fourth-order valence-corrected chi connectivity index (χ4v) is 3.59. The first-order valence-corrected chi connectivity index (χ1v) is 10.5. The smallest absolute Gasteiger partial charge is 0.311 e. The number of nitrogens with one attached hydrogen (secondary N) is 1. The minimum absolute atomic E-state index is 0.153. The Morgan fingerprint density at radius 3 is 2.52 bits per heavy atom. The zero-order valence-electron chi connectivity index (χ0n) is 16.4. The second kappa shape index (κ2) is 10.6. The van der Waals surface area contributed by atoms with Crippen LogP contribution in [0.4, 0.5) is 5.69 Å². The van der Waals surface area contributed by atoms with E-state index in [9.17, 15) is 14.9 Å². The molecule has 0 aliphatic heterocycles. The van der Waals surface area contributed by atoms with E-state index < -0.39 is 4.92 Å². The molecule has 158 valence electrons. The SMILES string of the molecule is COc1ccc(/C=N/NC(=O)c2ccc(CSc3ccc(Cl)cc3)cc2)cc1[N+](=O)[O-]. The molecule has 0 saturated carbocycles. The van der Waals surface area contributed by atoms with E-state index in [1.807, 2.05) is 36.4 Å². The highest BCUT2D eigenvalue weighted by atomic mass is 35.5. The van der Waals surface area contributed by atoms with Gasteiger partial charge in [0.1, 0.15) is 0 Å². The lowest BCUT2D eigenvalue weighted by atomic mass is 10.1. The molecule has 0 fully saturated rings. The molecule has 0 saturated heterocycles. The van der Waals surface area contributed by atoms with E-state index in [2.05, 4.69) is 10.5 Å². The molecule has 31 heavy (non-hydrogen) atoms. The number of hydrogen-bond acceptors (Lipinski definition) is 6. The molecule has 0 aromatic heterocycles. The van der Waals surface area contributed by atoms with Gasteiger partial charge in [-0.1, -0.05) is 23.7 Å². The van der Waals surface area contributed by atoms with Crippen LogP contribution in [0.5, 0.6) is 5.75 Å². The second-order valence-corrected chi connectivity index (χ2v) is 7.81. The number of amides is 1. The summed E-state index contributed by atoms with van der Waals surface area (Å²) < 4.78 is 4.96. The normalized spacial score (nSPS) is 10.8. The molecule has 1 N–H and O–H groups in total. The van der Waals surface area contributed by atoms with Gasteiger partial charge in [-0.2, -0.15) is 5.10 Å². The van der Waals surface area contributed by atoms with Crippen molar-refractivity contribution in [3.05, 3.63) is 98.6 Å². The zero-order chi connectivity index (χ0) is 22.2. The van der Waals surface area contributed by atoms with Gasteiger partial charge in [-0.15, -0.1) is 11.8 Å². The van der Waals surface area contributed by atoms with Crippen molar-refractivity contribution >= 4 is 41.2 Å². The Morgan fingerprint density at radius 1 is 1.16 bits per heavy atom. The van der Waals surface area contributed by atoms with Gasteiger partial charge in [0, 0.05) is 32.9 Å². The maximum atomic E-state index is 12.3. The average molecular weight is 456 g/mol. The monoisotopic (exact) mass is 455 g/mol. The number of nitrogens with zero attached hydrogens (tertiary/aromatic N) is 2. The third-order valence-corrected chi connectivity index (χ3v) is 5.55. The minimum atomic E-state index is -0.540. The molecule has 7 nitrogen and oxygen atoms in total. The van der Waals surface area contributed by atoms with E-state index in [1.54, 1.807) is 30.0 Å². The molecule has 3 aromatic carbocycles. The van der Waals surface area contributed by atoms with Crippen molar-refractivity contribution in [2.45, 2.75) is 10.6 Å². The molecule has 1 amide bonds. The van der Waals surface area contributed by atoms with Gasteiger partial charge >= 0.3 is 5.69 Å². The molecule has 3 rings (SSSR count). The molecule has 0 heterocycles. The maximum absolute atomic E-state index is 12.3. The lowest BCUT2D eigenvalue weighted by Crippen LogP contribution is -2.17. The molecule has 0 unspecified atom stereocenters. The number of carbonyl (C=O) groups excluding carboxylic acids is 1. The number of rotatable bonds is 8. The van der Waals surface area contributed by atoms with Gasteiger partial charge < -0.3 is 4.74 Å². The Labute approximate surface area is 188 Å². The first-order chi connectivity index (χ1) is 15.0. The van der Waals surface area contributed by atoms with Crippen molar-refractivity contribution < 1.29 is 14.5 Å². The fourth-order valence-electron chi connectivity index (χ4n) is 2.61. The van der Waals surface area contributed by atoms with Gasteiger partial charge in [0.05, 0.1) is 18.2 Å². The zero-order valence-corrected chi connectivity index (χ0v) is 18.0. The number of hydrazone groups is 1. The predicted molar refractivity (Wildman–Crippen MR) is 122 cm³/mol. The Morgan fingerprint density at radius 2 is 1.87 bits per heavy atom. The highest BCUT2D eigenvalue weighted by molar-refractivity contribution is 7.98. The Hall–Kier alpha value is -3.36. The maximum Gasteiger partial charge on any atom is 0.311 e. The van der Waals surface area contributed by atoms with Crippen LogP contribution in [0.3, 0.4) is 0 Å². The average Bonchev–Trinajstić information content (AvgIpc) is 2.79. The lowest BCUT2D eigenvalue weighted by Gasteiger charge is -2.04. The summed E-state index contributed by atoms with van der Waals surface area (Å²) in [5, 5.41) is 15.7. The van der Waals surface area contributed by atoms with E-state index in [0.717, 1.165) is 16.2 Å². The number of methoxy groups -OCH3 is 1. The molecule has 0 bridgehead atoms. The summed E-state index contributed by atoms with van der Waals surface area (Å²) in [7, 11) is 1.36. The van der Waals surface area contributed by atoms with Crippen molar-refractivity contribution in [3.63, 3.8) is 0 Å². The molecule has 0 atom stereocenters. The van der Waals surface area contributed by atoms with Crippen molar-refractivity contribution in [1.29, 1.82) is 0 Å². The third-order valence-electron chi connectivity index (χ3n) is 4.21. The van der Waals surface area contributed by atoms with Crippen molar-refractivity contribution in [3.8, 4) is 5.75 Å².